The lowest BCUT2D eigenvalue weighted by molar-refractivity contribution is -0.191. The van der Waals surface area contributed by atoms with Crippen molar-refractivity contribution < 1.29 is 201 Å². The molecule has 0 aliphatic rings. The summed E-state index contributed by atoms with van der Waals surface area (Å²) in [5.74, 6) is -18.1. The van der Waals surface area contributed by atoms with Gasteiger partial charge in [0, 0.05) is 7.11 Å². The summed E-state index contributed by atoms with van der Waals surface area (Å²) in [6, 6.07) is 0. The fourth-order valence-corrected chi connectivity index (χ4v) is 7.08. The topological polar surface area (TPSA) is 660 Å². The smallest absolute Gasteiger partial charge is 0.318 e. The Kier molecular flexibility index (Phi) is 41.9. The Balaban J connectivity index is 0. The van der Waals surface area contributed by atoms with Crippen molar-refractivity contribution in [3.8, 4) is 0 Å². The number of carbonyl (C=O) groups excluding carboxylic acids is 12. The van der Waals surface area contributed by atoms with E-state index < -0.39 is 327 Å². The van der Waals surface area contributed by atoms with Gasteiger partial charge in [0.15, 0.2) is 0 Å². The van der Waals surface area contributed by atoms with Gasteiger partial charge in [0.1, 0.15) is 150 Å². The van der Waals surface area contributed by atoms with Crippen LogP contribution in [0.2, 0.25) is 0 Å². The van der Waals surface area contributed by atoms with E-state index in [9.17, 15) is 120 Å². The quantitative estimate of drug-likeness (QED) is 0.0199. The van der Waals surface area contributed by atoms with E-state index in [2.05, 4.69) is 0 Å². The van der Waals surface area contributed by atoms with E-state index in [1.807, 2.05) is 0 Å². The predicted molar refractivity (Wildman–Crippen MR) is 353 cm³/mol. The van der Waals surface area contributed by atoms with Gasteiger partial charge in [-0.1, -0.05) is 0 Å². The van der Waals surface area contributed by atoms with E-state index in [0.717, 1.165) is 90.2 Å². The third-order valence-corrected chi connectivity index (χ3v) is 17.7. The summed E-state index contributed by atoms with van der Waals surface area (Å²) < 4.78 is 66.0. The average molecular weight is 1560 g/mol. The van der Waals surface area contributed by atoms with Crippen LogP contribution in [0.25, 0.3) is 0 Å². The van der Waals surface area contributed by atoms with Crippen molar-refractivity contribution in [1.82, 2.24) is 0 Å². The van der Waals surface area contributed by atoms with Crippen molar-refractivity contribution in [3.05, 3.63) is 0 Å². The fraction of sp³-hybridized carbons (Fsp3) is 0.818. The van der Waals surface area contributed by atoms with Crippen LogP contribution in [-0.4, -0.2) is 351 Å². The third kappa shape index (κ3) is 27.2. The molecule has 622 valence electrons. The van der Waals surface area contributed by atoms with Gasteiger partial charge >= 0.3 is 71.6 Å². The molecule has 0 saturated carbocycles. The summed E-state index contributed by atoms with van der Waals surface area (Å²) in [6.07, 6.45) is 0. The summed E-state index contributed by atoms with van der Waals surface area (Å²) in [4.78, 5) is 168. The van der Waals surface area contributed by atoms with E-state index in [4.69, 9.17) is 61.9 Å². The van der Waals surface area contributed by atoms with E-state index in [1.165, 1.54) is 0 Å². The van der Waals surface area contributed by atoms with Crippen molar-refractivity contribution in [2.75, 3.05) is 192 Å². The minimum Gasteiger partial charge on any atom is -0.464 e. The van der Waals surface area contributed by atoms with Crippen LogP contribution < -0.4 is 0 Å². The molecule has 0 heterocycles. The first-order valence-electron chi connectivity index (χ1n) is 32.8. The van der Waals surface area contributed by atoms with Gasteiger partial charge < -0.3 is 144 Å². The summed E-state index contributed by atoms with van der Waals surface area (Å²) in [7, 11) is 1.00. The van der Waals surface area contributed by atoms with Crippen molar-refractivity contribution in [3.63, 3.8) is 0 Å². The fourth-order valence-electron chi connectivity index (χ4n) is 7.08. The summed E-state index contributed by atoms with van der Waals surface area (Å²) in [5.41, 5.74) is -30.1. The van der Waals surface area contributed by atoms with Crippen LogP contribution in [0.1, 0.15) is 83.1 Å². The first-order valence-corrected chi connectivity index (χ1v) is 32.8. The second-order valence-electron chi connectivity index (χ2n) is 29.7. The first kappa shape index (κ1) is 102. The number of ether oxygens (including phenoxy) is 12. The number of hydrogen-bond acceptors (Lipinski definition) is 41. The number of carbonyl (C=O) groups is 12. The molecular formula is C66H112O41. The van der Waals surface area contributed by atoms with Gasteiger partial charge in [-0.05, 0) is 83.1 Å². The molecule has 0 aromatic carbocycles. The Bertz CT molecular complexity index is 2360. The van der Waals surface area contributed by atoms with Crippen LogP contribution in [0.15, 0.2) is 0 Å². The van der Waals surface area contributed by atoms with E-state index in [1.54, 1.807) is 0 Å². The first-order chi connectivity index (χ1) is 49.5. The minimum atomic E-state index is -2.88. The van der Waals surface area contributed by atoms with Gasteiger partial charge in [0.05, 0.1) is 106 Å². The van der Waals surface area contributed by atoms with Crippen LogP contribution in [0.4, 0.5) is 0 Å². The monoisotopic (exact) mass is 1560 g/mol. The molecule has 0 radical (unpaired) electrons. The Morgan fingerprint density at radius 3 is 0.318 bits per heavy atom. The maximum absolute atomic E-state index is 15.1. The lowest BCUT2D eigenvalue weighted by atomic mass is 9.88. The van der Waals surface area contributed by atoms with E-state index >= 15 is 19.2 Å². The lowest BCUT2D eigenvalue weighted by Gasteiger charge is -2.37. The standard InChI is InChI=1S/C65H108O40.CH4O/c1-53(13-66,14-67)41(82)94-29-61(9,30-95-42(83)54(2,15-68)16-69)49(90)102-37-65(38-103-50(91)62(10,31-96-43(84)55(3,17-70)18-71)32-97-44(85)56(4,19-72)20-73,39-104-51(92)63(11,33-98-45(86)57(5,21-74)22-75)34-99-46(87)58(6,23-76)24-77)40-105-52(93)64(12,35-100-47(88)59(7,25-78)26-79)36-101-48(89)60(8,27-80)28-81;1-2/h66-81H,13-40H2,1-12H3;2H,1H3. The zero-order valence-electron chi connectivity index (χ0n) is 62.7. The van der Waals surface area contributed by atoms with Crippen molar-refractivity contribution in [2.24, 2.45) is 70.4 Å². The maximum atomic E-state index is 15.1. The molecule has 0 aliphatic heterocycles. The van der Waals surface area contributed by atoms with Gasteiger partial charge in [-0.3, -0.25) is 57.5 Å². The van der Waals surface area contributed by atoms with Gasteiger partial charge in [0.25, 0.3) is 0 Å². The molecule has 0 atom stereocenters. The molecule has 0 saturated heterocycles. The van der Waals surface area contributed by atoms with E-state index in [0.29, 0.717) is 0 Å². The molecule has 0 rings (SSSR count). The normalized spacial score (nSPS) is 13.0. The van der Waals surface area contributed by atoms with E-state index in [-0.39, 0.29) is 0 Å². The number of aliphatic hydroxyl groups excluding tert-OH is 17. The molecule has 0 bridgehead atoms. The highest BCUT2D eigenvalue weighted by Gasteiger charge is 2.52. The Morgan fingerprint density at radius 1 is 0.159 bits per heavy atom. The summed E-state index contributed by atoms with van der Waals surface area (Å²) in [5, 5.41) is 168. The highest BCUT2D eigenvalue weighted by atomic mass is 16.6. The Hall–Kier alpha value is -7.04. The number of aliphatic hydroxyl groups is 17. The molecule has 0 fully saturated rings. The van der Waals surface area contributed by atoms with Gasteiger partial charge in [-0.2, -0.15) is 0 Å². The summed E-state index contributed by atoms with van der Waals surface area (Å²) >= 11 is 0. The molecular weight excluding hydrogens is 1450 g/mol. The number of esters is 12. The molecule has 0 aromatic heterocycles. The number of rotatable bonds is 52. The van der Waals surface area contributed by atoms with Gasteiger partial charge in [-0.25, -0.2) is 0 Å². The zero-order chi connectivity index (χ0) is 83.7. The molecule has 0 spiro atoms. The predicted octanol–water partition coefficient (Wildman–Crippen LogP) is -7.95. The molecule has 41 heteroatoms. The Labute approximate surface area is 616 Å². The average Bonchev–Trinajstić information content (AvgIpc) is 0.809. The lowest BCUT2D eigenvalue weighted by Crippen LogP contribution is -2.51. The molecule has 0 aromatic rings. The SMILES string of the molecule is CC(CO)(CO)C(=O)OCC(C)(COC(=O)C(C)(CO)CO)C(=O)OCC(COC(=O)C(C)(COC(=O)C(C)(CO)CO)COC(=O)C(C)(CO)CO)(COC(=O)C(C)(COC(=O)C(C)(CO)CO)COC(=O)C(C)(CO)CO)COC(=O)C(C)(COC(=O)C(C)(CO)CO)COC(=O)C(C)(CO)CO.CO. The highest BCUT2D eigenvalue weighted by Crippen LogP contribution is 2.35. The van der Waals surface area contributed by atoms with Gasteiger partial charge in [-0.15, -0.1) is 0 Å². The zero-order valence-corrected chi connectivity index (χ0v) is 62.7. The van der Waals surface area contributed by atoms with Crippen molar-refractivity contribution >= 4 is 71.6 Å². The van der Waals surface area contributed by atoms with Crippen LogP contribution in [0.3, 0.4) is 0 Å². The highest BCUT2D eigenvalue weighted by molar-refractivity contribution is 5.85. The molecule has 17 N–H and O–H groups in total. The van der Waals surface area contributed by atoms with Crippen LogP contribution in [0.5, 0.6) is 0 Å². The van der Waals surface area contributed by atoms with Crippen molar-refractivity contribution in [1.29, 1.82) is 0 Å². The molecule has 0 aliphatic carbocycles. The third-order valence-electron chi connectivity index (χ3n) is 17.7. The molecule has 107 heavy (non-hydrogen) atoms. The minimum absolute atomic E-state index is 0.892. The second kappa shape index (κ2) is 44.0. The second-order valence-corrected chi connectivity index (χ2v) is 29.7. The van der Waals surface area contributed by atoms with Crippen LogP contribution in [0, 0.1) is 70.4 Å². The van der Waals surface area contributed by atoms with Crippen LogP contribution in [-0.2, 0) is 114 Å². The largest absolute Gasteiger partial charge is 0.464 e. The van der Waals surface area contributed by atoms with Crippen LogP contribution >= 0.6 is 0 Å². The maximum Gasteiger partial charge on any atom is 0.318 e. The van der Waals surface area contributed by atoms with Crippen molar-refractivity contribution in [2.45, 2.75) is 83.1 Å². The molecule has 41 nitrogen and oxygen atoms in total. The number of hydrogen-bond donors (Lipinski definition) is 17. The van der Waals surface area contributed by atoms with Gasteiger partial charge in [0.2, 0.25) is 0 Å². The molecule has 0 unspecified atom stereocenters. The Morgan fingerprint density at radius 2 is 0.234 bits per heavy atom. The summed E-state index contributed by atoms with van der Waals surface area (Å²) in [6.45, 7) is -22.0. The molecule has 0 amide bonds.